The van der Waals surface area contributed by atoms with Crippen molar-refractivity contribution >= 4 is 5.78 Å². The third-order valence-electron chi connectivity index (χ3n) is 3.56. The molecule has 0 N–H and O–H groups in total. The van der Waals surface area contributed by atoms with Crippen molar-refractivity contribution in [2.45, 2.75) is 51.9 Å². The molecule has 2 rings (SSSR count). The first kappa shape index (κ1) is 13.1. The van der Waals surface area contributed by atoms with Gasteiger partial charge in [0.25, 0.3) is 0 Å². The molecule has 1 aliphatic carbocycles. The zero-order chi connectivity index (χ0) is 12.8. The molecule has 0 spiro atoms. The van der Waals surface area contributed by atoms with E-state index in [9.17, 15) is 4.79 Å². The van der Waals surface area contributed by atoms with Crippen LogP contribution in [0, 0.1) is 0 Å². The Balaban J connectivity index is 2.16. The summed E-state index contributed by atoms with van der Waals surface area (Å²) in [6.45, 7) is 2.17. The number of carbonyl (C=O) groups excluding carboxylic acids is 1. The fourth-order valence-corrected chi connectivity index (χ4v) is 2.56. The van der Waals surface area contributed by atoms with Crippen molar-refractivity contribution in [3.8, 4) is 0 Å². The maximum atomic E-state index is 12.4. The number of rotatable bonds is 4. The second-order valence-corrected chi connectivity index (χ2v) is 5.11. The highest BCUT2D eigenvalue weighted by Gasteiger charge is 2.13. The van der Waals surface area contributed by atoms with E-state index >= 15 is 0 Å². The van der Waals surface area contributed by atoms with Crippen LogP contribution in [-0.4, -0.2) is 5.78 Å². The summed E-state index contributed by atoms with van der Waals surface area (Å²) in [4.78, 5) is 12.4. The van der Waals surface area contributed by atoms with E-state index in [0.717, 1.165) is 43.2 Å². The van der Waals surface area contributed by atoms with E-state index in [1.807, 2.05) is 12.1 Å². The molecule has 1 aromatic carbocycles. The first-order valence-electron chi connectivity index (χ1n) is 7.14. The second kappa shape index (κ2) is 6.53. The lowest BCUT2D eigenvalue weighted by Gasteiger charge is -2.06. The molecule has 18 heavy (non-hydrogen) atoms. The Morgan fingerprint density at radius 3 is 2.94 bits per heavy atom. The predicted molar refractivity (Wildman–Crippen MR) is 75.9 cm³/mol. The zero-order valence-corrected chi connectivity index (χ0v) is 11.2. The van der Waals surface area contributed by atoms with Gasteiger partial charge < -0.3 is 0 Å². The van der Waals surface area contributed by atoms with Gasteiger partial charge in [-0.3, -0.25) is 4.79 Å². The molecule has 0 aromatic heterocycles. The van der Waals surface area contributed by atoms with Gasteiger partial charge in [0, 0.05) is 5.56 Å². The summed E-state index contributed by atoms with van der Waals surface area (Å²) in [5, 5.41) is 0. The number of hydrogen-bond acceptors (Lipinski definition) is 1. The number of benzene rings is 1. The van der Waals surface area contributed by atoms with E-state index in [1.165, 1.54) is 18.4 Å². The van der Waals surface area contributed by atoms with Crippen molar-refractivity contribution in [3.05, 3.63) is 47.0 Å². The fourth-order valence-electron chi connectivity index (χ4n) is 2.56. The molecule has 1 nitrogen and oxygen atoms in total. The lowest BCUT2D eigenvalue weighted by atomic mass is 9.97. The van der Waals surface area contributed by atoms with E-state index in [0.29, 0.717) is 0 Å². The van der Waals surface area contributed by atoms with Crippen LogP contribution < -0.4 is 0 Å². The van der Waals surface area contributed by atoms with Crippen molar-refractivity contribution in [1.29, 1.82) is 0 Å². The van der Waals surface area contributed by atoms with E-state index in [4.69, 9.17) is 0 Å². The predicted octanol–water partition coefficient (Wildman–Crippen LogP) is 4.71. The Kier molecular flexibility index (Phi) is 4.74. The van der Waals surface area contributed by atoms with Gasteiger partial charge >= 0.3 is 0 Å². The highest BCUT2D eigenvalue weighted by Crippen LogP contribution is 2.21. The van der Waals surface area contributed by atoms with Crippen LogP contribution in [0.4, 0.5) is 0 Å². The molecule has 0 unspecified atom stereocenters. The van der Waals surface area contributed by atoms with Gasteiger partial charge in [-0.05, 0) is 49.3 Å². The molecule has 0 saturated carbocycles. The minimum absolute atomic E-state index is 0.245. The van der Waals surface area contributed by atoms with E-state index in [2.05, 4.69) is 25.1 Å². The quantitative estimate of drug-likeness (QED) is 0.699. The summed E-state index contributed by atoms with van der Waals surface area (Å²) in [6.07, 6.45) is 10.00. The van der Waals surface area contributed by atoms with E-state index < -0.39 is 0 Å². The van der Waals surface area contributed by atoms with Gasteiger partial charge in [0.05, 0.1) is 0 Å². The highest BCUT2D eigenvalue weighted by molar-refractivity contribution is 6.08. The second-order valence-electron chi connectivity index (χ2n) is 5.11. The van der Waals surface area contributed by atoms with Crippen molar-refractivity contribution in [2.24, 2.45) is 0 Å². The Bertz CT molecular complexity index is 443. The molecule has 1 aliphatic rings. The van der Waals surface area contributed by atoms with E-state index in [1.54, 1.807) is 0 Å². The zero-order valence-electron chi connectivity index (χ0n) is 11.2. The Labute approximate surface area is 110 Å². The first-order chi connectivity index (χ1) is 8.81. The van der Waals surface area contributed by atoms with Crippen molar-refractivity contribution in [1.82, 2.24) is 0 Å². The lowest BCUT2D eigenvalue weighted by Crippen LogP contribution is -2.04. The van der Waals surface area contributed by atoms with Crippen LogP contribution in [0.25, 0.3) is 0 Å². The Morgan fingerprint density at radius 1 is 1.22 bits per heavy atom. The number of aryl methyl sites for hydroxylation is 1. The first-order valence-corrected chi connectivity index (χ1v) is 7.14. The van der Waals surface area contributed by atoms with Gasteiger partial charge in [0.1, 0.15) is 0 Å². The molecule has 0 amide bonds. The summed E-state index contributed by atoms with van der Waals surface area (Å²) in [7, 11) is 0. The maximum absolute atomic E-state index is 12.4. The summed E-state index contributed by atoms with van der Waals surface area (Å²) < 4.78 is 0. The van der Waals surface area contributed by atoms with Crippen LogP contribution >= 0.6 is 0 Å². The topological polar surface area (TPSA) is 17.1 Å². The minimum Gasteiger partial charge on any atom is -0.289 e. The average Bonchev–Trinajstić information content (AvgIpc) is 2.67. The average molecular weight is 242 g/mol. The summed E-state index contributed by atoms with van der Waals surface area (Å²) in [6, 6.07) is 8.14. The highest BCUT2D eigenvalue weighted by atomic mass is 16.1. The van der Waals surface area contributed by atoms with Gasteiger partial charge in [0.2, 0.25) is 0 Å². The molecule has 1 aromatic rings. The van der Waals surface area contributed by atoms with Crippen molar-refractivity contribution in [2.75, 3.05) is 0 Å². The van der Waals surface area contributed by atoms with Gasteiger partial charge in [-0.2, -0.15) is 0 Å². The summed E-state index contributed by atoms with van der Waals surface area (Å²) in [5.41, 5.74) is 3.17. The minimum atomic E-state index is 0.245. The summed E-state index contributed by atoms with van der Waals surface area (Å²) in [5.74, 6) is 0.245. The molecular weight excluding hydrogens is 220 g/mol. The van der Waals surface area contributed by atoms with Crippen LogP contribution in [-0.2, 0) is 6.42 Å². The standard InChI is InChI=1S/C17H22O/c1-2-8-14-9-7-12-16(13-14)17(18)15-10-5-3-4-6-11-15/h7,9-10,12-13H,2-6,8,11H2,1H3. The van der Waals surface area contributed by atoms with Crippen LogP contribution in [0.5, 0.6) is 0 Å². The van der Waals surface area contributed by atoms with Crippen LogP contribution in [0.3, 0.4) is 0 Å². The number of hydrogen-bond donors (Lipinski definition) is 0. The van der Waals surface area contributed by atoms with Gasteiger partial charge in [-0.1, -0.05) is 44.0 Å². The Hall–Kier alpha value is -1.37. The molecule has 0 heterocycles. The maximum Gasteiger partial charge on any atom is 0.188 e. The number of carbonyl (C=O) groups is 1. The number of allylic oxidation sites excluding steroid dienone is 2. The molecule has 0 bridgehead atoms. The summed E-state index contributed by atoms with van der Waals surface area (Å²) >= 11 is 0. The normalized spacial score (nSPS) is 15.9. The van der Waals surface area contributed by atoms with Crippen LogP contribution in [0.15, 0.2) is 35.9 Å². The molecule has 0 saturated heterocycles. The smallest absolute Gasteiger partial charge is 0.188 e. The molecule has 0 radical (unpaired) electrons. The van der Waals surface area contributed by atoms with Crippen molar-refractivity contribution < 1.29 is 4.79 Å². The third-order valence-corrected chi connectivity index (χ3v) is 3.56. The number of Topliss-reactive ketones (excluding diaryl/α,β-unsaturated/α-hetero) is 1. The Morgan fingerprint density at radius 2 is 2.11 bits per heavy atom. The van der Waals surface area contributed by atoms with E-state index in [-0.39, 0.29) is 5.78 Å². The van der Waals surface area contributed by atoms with Crippen LogP contribution in [0.1, 0.15) is 61.4 Å². The molecule has 1 heteroatoms. The lowest BCUT2D eigenvalue weighted by molar-refractivity contribution is 0.103. The van der Waals surface area contributed by atoms with Crippen molar-refractivity contribution in [3.63, 3.8) is 0 Å². The van der Waals surface area contributed by atoms with Gasteiger partial charge in [-0.25, -0.2) is 0 Å². The monoisotopic (exact) mass is 242 g/mol. The molecular formula is C17H22O. The van der Waals surface area contributed by atoms with Gasteiger partial charge in [-0.15, -0.1) is 0 Å². The number of ketones is 1. The van der Waals surface area contributed by atoms with Crippen LogP contribution in [0.2, 0.25) is 0 Å². The fraction of sp³-hybridized carbons (Fsp3) is 0.471. The third kappa shape index (κ3) is 3.32. The molecule has 0 aliphatic heterocycles. The largest absolute Gasteiger partial charge is 0.289 e. The molecule has 96 valence electrons. The SMILES string of the molecule is CCCc1cccc(C(=O)C2=CCCCCC2)c1. The van der Waals surface area contributed by atoms with Gasteiger partial charge in [0.15, 0.2) is 5.78 Å². The molecule has 0 fully saturated rings. The molecule has 0 atom stereocenters.